The Kier molecular flexibility index (Phi) is 5.92. The van der Waals surface area contributed by atoms with Crippen LogP contribution >= 0.6 is 11.6 Å². The first-order valence-corrected chi connectivity index (χ1v) is 7.46. The number of nitrogens with two attached hydrogens (primary N) is 1. The number of ether oxygens (including phenoxy) is 1. The molecule has 0 amide bonds. The molecule has 0 saturated carbocycles. The zero-order chi connectivity index (χ0) is 17.5. The summed E-state index contributed by atoms with van der Waals surface area (Å²) in [5.41, 5.74) is 7.74. The Morgan fingerprint density at radius 3 is 2.71 bits per heavy atom. The lowest BCUT2D eigenvalue weighted by molar-refractivity contribution is -0.385. The molecule has 124 valence electrons. The number of allylic oxidation sites excluding steroid dienone is 1. The number of benzene rings is 2. The monoisotopic (exact) mass is 345 g/mol. The molecule has 2 aromatic carbocycles. The molecule has 0 aromatic heterocycles. The fraction of sp³-hybridized carbons (Fsp3) is 0.118. The predicted molar refractivity (Wildman–Crippen MR) is 94.5 cm³/mol. The highest BCUT2D eigenvalue weighted by Crippen LogP contribution is 2.23. The van der Waals surface area contributed by atoms with Crippen LogP contribution in [0.5, 0.6) is 0 Å². The van der Waals surface area contributed by atoms with Gasteiger partial charge in [0.05, 0.1) is 16.2 Å². The molecule has 0 radical (unpaired) electrons. The molecule has 7 heteroatoms. The highest BCUT2D eigenvalue weighted by Gasteiger charge is 2.15. The second-order valence-corrected chi connectivity index (χ2v) is 5.38. The van der Waals surface area contributed by atoms with E-state index in [9.17, 15) is 10.1 Å². The van der Waals surface area contributed by atoms with E-state index in [1.54, 1.807) is 43.3 Å². The van der Waals surface area contributed by atoms with Crippen LogP contribution in [0.25, 0.3) is 0 Å². The van der Waals surface area contributed by atoms with Crippen LogP contribution in [0.15, 0.2) is 59.4 Å². The van der Waals surface area contributed by atoms with Crippen molar-refractivity contribution in [1.82, 2.24) is 0 Å². The molecule has 24 heavy (non-hydrogen) atoms. The van der Waals surface area contributed by atoms with Gasteiger partial charge in [0.25, 0.3) is 5.69 Å². The molecular weight excluding hydrogens is 330 g/mol. The third kappa shape index (κ3) is 4.82. The van der Waals surface area contributed by atoms with Gasteiger partial charge < -0.3 is 10.5 Å². The van der Waals surface area contributed by atoms with Crippen LogP contribution in [0, 0.1) is 17.0 Å². The molecule has 0 spiro atoms. The topological polar surface area (TPSA) is 90.8 Å². The minimum atomic E-state index is -0.437. The van der Waals surface area contributed by atoms with Crippen LogP contribution in [0.3, 0.4) is 0 Å². The summed E-state index contributed by atoms with van der Waals surface area (Å²) in [6.45, 7) is 1.80. The molecule has 0 saturated heterocycles. The zero-order valence-corrected chi connectivity index (χ0v) is 13.7. The molecule has 0 bridgehead atoms. The Bertz CT molecular complexity index is 786. The second-order valence-electron chi connectivity index (χ2n) is 4.94. The molecule has 0 atom stereocenters. The lowest BCUT2D eigenvalue weighted by Gasteiger charge is -2.08. The quantitative estimate of drug-likeness (QED) is 0.366. The van der Waals surface area contributed by atoms with Gasteiger partial charge in [0, 0.05) is 23.4 Å². The average Bonchev–Trinajstić information content (AvgIpc) is 2.55. The number of nitro benzene ring substituents is 1. The van der Waals surface area contributed by atoms with Crippen LogP contribution in [0.4, 0.5) is 11.4 Å². The number of nitrogens with zero attached hydrogens (tertiary/aromatic N) is 2. The van der Waals surface area contributed by atoms with Gasteiger partial charge in [0.15, 0.2) is 5.88 Å². The molecule has 6 nitrogen and oxygen atoms in total. The van der Waals surface area contributed by atoms with Crippen molar-refractivity contribution in [2.24, 2.45) is 10.7 Å². The van der Waals surface area contributed by atoms with E-state index in [1.807, 2.05) is 0 Å². The van der Waals surface area contributed by atoms with E-state index < -0.39 is 4.92 Å². The smallest absolute Gasteiger partial charge is 0.276 e. The maximum Gasteiger partial charge on any atom is 0.276 e. The van der Waals surface area contributed by atoms with E-state index in [0.29, 0.717) is 10.6 Å². The van der Waals surface area contributed by atoms with Crippen molar-refractivity contribution in [3.8, 4) is 0 Å². The third-order valence-corrected chi connectivity index (χ3v) is 3.51. The van der Waals surface area contributed by atoms with Crippen molar-refractivity contribution in [1.29, 1.82) is 0 Å². The van der Waals surface area contributed by atoms with Gasteiger partial charge in [-0.15, -0.1) is 0 Å². The fourth-order valence-corrected chi connectivity index (χ4v) is 2.10. The average molecular weight is 346 g/mol. The number of aryl methyl sites for hydroxylation is 1. The van der Waals surface area contributed by atoms with Crippen LogP contribution < -0.4 is 5.73 Å². The van der Waals surface area contributed by atoms with Crippen molar-refractivity contribution in [3.63, 3.8) is 0 Å². The maximum absolute atomic E-state index is 11.0. The van der Waals surface area contributed by atoms with Crippen LogP contribution in [0.1, 0.15) is 11.1 Å². The normalized spacial score (nSPS) is 11.7. The van der Waals surface area contributed by atoms with Crippen molar-refractivity contribution in [2.75, 3.05) is 0 Å². The first-order valence-electron chi connectivity index (χ1n) is 7.08. The van der Waals surface area contributed by atoms with E-state index >= 15 is 0 Å². The molecule has 0 unspecified atom stereocenters. The number of halogens is 1. The minimum absolute atomic E-state index is 0.0117. The number of nitro groups is 1. The molecule has 0 aliphatic rings. The van der Waals surface area contributed by atoms with Gasteiger partial charge in [0.2, 0.25) is 0 Å². The zero-order valence-electron chi connectivity index (χ0n) is 13.0. The van der Waals surface area contributed by atoms with E-state index in [4.69, 9.17) is 22.1 Å². The van der Waals surface area contributed by atoms with E-state index in [0.717, 1.165) is 11.3 Å². The summed E-state index contributed by atoms with van der Waals surface area (Å²) in [5, 5.41) is 11.7. The Morgan fingerprint density at radius 1 is 1.33 bits per heavy atom. The first-order chi connectivity index (χ1) is 11.5. The Labute approximate surface area is 144 Å². The lowest BCUT2D eigenvalue weighted by atomic mass is 10.1. The number of rotatable bonds is 6. The van der Waals surface area contributed by atoms with E-state index in [-0.39, 0.29) is 18.2 Å². The van der Waals surface area contributed by atoms with Gasteiger partial charge in [-0.05, 0) is 36.8 Å². The van der Waals surface area contributed by atoms with E-state index in [2.05, 4.69) is 4.99 Å². The second kappa shape index (κ2) is 8.12. The first kappa shape index (κ1) is 17.5. The molecule has 2 rings (SSSR count). The van der Waals surface area contributed by atoms with Gasteiger partial charge >= 0.3 is 0 Å². The fourth-order valence-electron chi connectivity index (χ4n) is 1.97. The number of hydrogen-bond acceptors (Lipinski definition) is 5. The van der Waals surface area contributed by atoms with Crippen molar-refractivity contribution >= 4 is 29.2 Å². The van der Waals surface area contributed by atoms with Gasteiger partial charge in [-0.25, -0.2) is 0 Å². The summed E-state index contributed by atoms with van der Waals surface area (Å²) in [6.07, 6.45) is 2.98. The Hall–Kier alpha value is -2.86. The standard InChI is InChI=1S/C17H16ClN3O3/c1-12-3-2-4-16(21(22)23)15(12)11-24-17(19)9-10-20-14-7-5-13(18)6-8-14/h2-10H,11,19H2,1H3. The van der Waals surface area contributed by atoms with Gasteiger partial charge in [0.1, 0.15) is 6.61 Å². The highest BCUT2D eigenvalue weighted by molar-refractivity contribution is 6.30. The molecule has 0 fully saturated rings. The minimum Gasteiger partial charge on any atom is -0.474 e. The summed E-state index contributed by atoms with van der Waals surface area (Å²) in [4.78, 5) is 14.8. The molecule has 2 aromatic rings. The summed E-state index contributed by atoms with van der Waals surface area (Å²) in [6, 6.07) is 11.8. The number of aliphatic imine (C=N–C) groups is 1. The predicted octanol–water partition coefficient (Wildman–Crippen LogP) is 4.28. The van der Waals surface area contributed by atoms with Crippen LogP contribution in [0.2, 0.25) is 5.02 Å². The van der Waals surface area contributed by atoms with E-state index in [1.165, 1.54) is 18.4 Å². The molecular formula is C17H16ClN3O3. The largest absolute Gasteiger partial charge is 0.474 e. The maximum atomic E-state index is 11.0. The van der Waals surface area contributed by atoms with Crippen LogP contribution in [-0.4, -0.2) is 11.1 Å². The van der Waals surface area contributed by atoms with Gasteiger partial charge in [-0.3, -0.25) is 15.1 Å². The highest BCUT2D eigenvalue weighted by atomic mass is 35.5. The summed E-state index contributed by atoms with van der Waals surface area (Å²) >= 11 is 5.79. The Balaban J connectivity index is 2.01. The van der Waals surface area contributed by atoms with Crippen molar-refractivity contribution < 1.29 is 9.66 Å². The molecule has 0 aliphatic carbocycles. The number of hydrogen-bond donors (Lipinski definition) is 1. The third-order valence-electron chi connectivity index (χ3n) is 3.25. The Morgan fingerprint density at radius 2 is 2.04 bits per heavy atom. The van der Waals surface area contributed by atoms with Gasteiger partial charge in [-0.2, -0.15) is 0 Å². The molecule has 0 aliphatic heterocycles. The van der Waals surface area contributed by atoms with Crippen molar-refractivity contribution in [3.05, 3.63) is 80.7 Å². The van der Waals surface area contributed by atoms with Crippen molar-refractivity contribution in [2.45, 2.75) is 13.5 Å². The molecule has 0 heterocycles. The SMILES string of the molecule is Cc1cccc([N+](=O)[O-])c1COC(N)=CC=Nc1ccc(Cl)cc1. The summed E-state index contributed by atoms with van der Waals surface area (Å²) in [7, 11) is 0. The molecule has 2 N–H and O–H groups in total. The van der Waals surface area contributed by atoms with Crippen LogP contribution in [-0.2, 0) is 11.3 Å². The summed E-state index contributed by atoms with van der Waals surface area (Å²) in [5.74, 6) is 0.116. The summed E-state index contributed by atoms with van der Waals surface area (Å²) < 4.78 is 5.38. The lowest BCUT2D eigenvalue weighted by Crippen LogP contribution is -2.06. The van der Waals surface area contributed by atoms with Gasteiger partial charge in [-0.1, -0.05) is 23.7 Å².